The van der Waals surface area contributed by atoms with Gasteiger partial charge in [0.25, 0.3) is 0 Å². The van der Waals surface area contributed by atoms with E-state index in [9.17, 15) is 8.42 Å². The highest BCUT2D eigenvalue weighted by Crippen LogP contribution is 2.24. The van der Waals surface area contributed by atoms with Crippen molar-refractivity contribution in [1.29, 1.82) is 0 Å². The van der Waals surface area contributed by atoms with Gasteiger partial charge in [-0.05, 0) is 62.4 Å². The van der Waals surface area contributed by atoms with Crippen molar-refractivity contribution in [1.82, 2.24) is 14.3 Å². The summed E-state index contributed by atoms with van der Waals surface area (Å²) in [7, 11) is -3.47. The van der Waals surface area contributed by atoms with Crippen LogP contribution in [-0.4, -0.2) is 24.5 Å². The lowest BCUT2D eigenvalue weighted by Crippen LogP contribution is -2.26. The van der Waals surface area contributed by atoms with E-state index in [0.29, 0.717) is 11.4 Å². The summed E-state index contributed by atoms with van der Waals surface area (Å²) in [6.45, 7) is 8.95. The van der Waals surface area contributed by atoms with Crippen LogP contribution in [0.5, 0.6) is 0 Å². The molecule has 0 aliphatic rings. The van der Waals surface area contributed by atoms with Crippen LogP contribution in [0, 0.1) is 27.7 Å². The number of sulfonamides is 1. The third-order valence-corrected chi connectivity index (χ3v) is 5.75. The molecule has 0 radical (unpaired) electrons. The fraction of sp³-hybridized carbons (Fsp3) is 0.438. The van der Waals surface area contributed by atoms with Crippen LogP contribution < -0.4 is 4.72 Å². The van der Waals surface area contributed by atoms with Crippen LogP contribution in [0.3, 0.4) is 0 Å². The maximum absolute atomic E-state index is 12.5. The third kappa shape index (κ3) is 3.56. The Labute approximate surface area is 132 Å². The summed E-state index contributed by atoms with van der Waals surface area (Å²) in [4.78, 5) is 4.35. The van der Waals surface area contributed by atoms with E-state index < -0.39 is 10.0 Å². The molecule has 0 saturated heterocycles. The number of imidazole rings is 1. The lowest BCUT2D eigenvalue weighted by molar-refractivity contribution is 0.569. The maximum Gasteiger partial charge on any atom is 0.240 e. The zero-order chi connectivity index (χ0) is 16.3. The number of rotatable bonds is 6. The van der Waals surface area contributed by atoms with Crippen LogP contribution in [0.25, 0.3) is 0 Å². The van der Waals surface area contributed by atoms with Crippen LogP contribution in [0.2, 0.25) is 0 Å². The van der Waals surface area contributed by atoms with Crippen LogP contribution in [0.1, 0.15) is 28.7 Å². The van der Waals surface area contributed by atoms with Gasteiger partial charge in [0.05, 0.1) is 11.2 Å². The van der Waals surface area contributed by atoms with E-state index in [0.717, 1.165) is 35.2 Å². The monoisotopic (exact) mass is 321 g/mol. The molecular weight excluding hydrogens is 298 g/mol. The number of benzene rings is 1. The number of nitrogens with one attached hydrogen (secondary N) is 1. The first-order valence-corrected chi connectivity index (χ1v) is 8.84. The molecular formula is C16H23N3O2S. The Morgan fingerprint density at radius 3 is 2.50 bits per heavy atom. The zero-order valence-electron chi connectivity index (χ0n) is 13.5. The van der Waals surface area contributed by atoms with Crippen molar-refractivity contribution in [2.24, 2.45) is 0 Å². The van der Waals surface area contributed by atoms with E-state index in [1.807, 2.05) is 38.5 Å². The highest BCUT2D eigenvalue weighted by Gasteiger charge is 2.19. The molecule has 0 saturated carbocycles. The topological polar surface area (TPSA) is 64.0 Å². The molecule has 0 unspecified atom stereocenters. The van der Waals surface area contributed by atoms with Crippen molar-refractivity contribution >= 4 is 10.0 Å². The van der Waals surface area contributed by atoms with E-state index in [1.54, 1.807) is 18.6 Å². The van der Waals surface area contributed by atoms with Gasteiger partial charge < -0.3 is 4.57 Å². The summed E-state index contributed by atoms with van der Waals surface area (Å²) < 4.78 is 29.6. The Morgan fingerprint density at radius 2 is 1.86 bits per heavy atom. The summed E-state index contributed by atoms with van der Waals surface area (Å²) in [5, 5.41) is 0. The second-order valence-corrected chi connectivity index (χ2v) is 7.35. The molecule has 0 aliphatic carbocycles. The van der Waals surface area contributed by atoms with Crippen molar-refractivity contribution in [3.05, 3.63) is 47.0 Å². The van der Waals surface area contributed by atoms with Gasteiger partial charge in [0.2, 0.25) is 10.0 Å². The molecule has 0 atom stereocenters. The lowest BCUT2D eigenvalue weighted by Gasteiger charge is -2.15. The minimum Gasteiger partial charge on any atom is -0.337 e. The molecule has 6 heteroatoms. The first-order valence-electron chi connectivity index (χ1n) is 7.35. The highest BCUT2D eigenvalue weighted by atomic mass is 32.2. The summed E-state index contributed by atoms with van der Waals surface area (Å²) in [5.41, 5.74) is 4.02. The second-order valence-electron chi connectivity index (χ2n) is 5.62. The predicted molar refractivity (Wildman–Crippen MR) is 87.4 cm³/mol. The normalized spacial score (nSPS) is 11.8. The standard InChI is InChI=1S/C16H23N3O2S/c1-12-10-16(15(4)14(3)13(12)2)22(20,21)18-6-5-8-19-9-7-17-11-19/h7,9-11,18H,5-6,8H2,1-4H3. The van der Waals surface area contributed by atoms with Crippen molar-refractivity contribution in [2.45, 2.75) is 45.6 Å². The first-order chi connectivity index (χ1) is 10.3. The first kappa shape index (κ1) is 16.7. The average molecular weight is 321 g/mol. The van der Waals surface area contributed by atoms with Crippen molar-refractivity contribution < 1.29 is 8.42 Å². The maximum atomic E-state index is 12.5. The Hall–Kier alpha value is -1.66. The van der Waals surface area contributed by atoms with Crippen molar-refractivity contribution in [2.75, 3.05) is 6.54 Å². The Kier molecular flexibility index (Phi) is 5.03. The molecule has 2 rings (SSSR count). The molecule has 0 spiro atoms. The summed E-state index contributed by atoms with van der Waals surface area (Å²) >= 11 is 0. The third-order valence-electron chi connectivity index (χ3n) is 4.17. The number of hydrogen-bond acceptors (Lipinski definition) is 3. The van der Waals surface area contributed by atoms with Crippen molar-refractivity contribution in [3.8, 4) is 0 Å². The molecule has 0 amide bonds. The molecule has 22 heavy (non-hydrogen) atoms. The number of aryl methyl sites for hydroxylation is 2. The zero-order valence-corrected chi connectivity index (χ0v) is 14.4. The summed E-state index contributed by atoms with van der Waals surface area (Å²) in [6, 6.07) is 1.76. The predicted octanol–water partition coefficient (Wildman–Crippen LogP) is 2.49. The molecule has 2 aromatic rings. The van der Waals surface area contributed by atoms with Gasteiger partial charge in [-0.15, -0.1) is 0 Å². The molecule has 1 aromatic carbocycles. The van der Waals surface area contributed by atoms with Crippen LogP contribution in [0.15, 0.2) is 29.7 Å². The van der Waals surface area contributed by atoms with Crippen LogP contribution >= 0.6 is 0 Å². The van der Waals surface area contributed by atoms with Gasteiger partial charge in [0.1, 0.15) is 0 Å². The smallest absolute Gasteiger partial charge is 0.240 e. The molecule has 0 bridgehead atoms. The highest BCUT2D eigenvalue weighted by molar-refractivity contribution is 7.89. The average Bonchev–Trinajstić information content (AvgIpc) is 2.98. The number of hydrogen-bond donors (Lipinski definition) is 1. The van der Waals surface area contributed by atoms with E-state index in [-0.39, 0.29) is 0 Å². The largest absolute Gasteiger partial charge is 0.337 e. The minimum atomic E-state index is -3.47. The molecule has 1 heterocycles. The van der Waals surface area contributed by atoms with Gasteiger partial charge in [-0.1, -0.05) is 0 Å². The van der Waals surface area contributed by atoms with Crippen LogP contribution in [-0.2, 0) is 16.6 Å². The lowest BCUT2D eigenvalue weighted by atomic mass is 10.00. The van der Waals surface area contributed by atoms with Gasteiger partial charge in [-0.2, -0.15) is 0 Å². The van der Waals surface area contributed by atoms with Gasteiger partial charge in [-0.3, -0.25) is 0 Å². The van der Waals surface area contributed by atoms with E-state index in [1.165, 1.54) is 0 Å². The molecule has 1 N–H and O–H groups in total. The van der Waals surface area contributed by atoms with E-state index >= 15 is 0 Å². The van der Waals surface area contributed by atoms with E-state index in [2.05, 4.69) is 9.71 Å². The quantitative estimate of drug-likeness (QED) is 0.831. The molecule has 1 aromatic heterocycles. The van der Waals surface area contributed by atoms with Gasteiger partial charge >= 0.3 is 0 Å². The van der Waals surface area contributed by atoms with Gasteiger partial charge in [-0.25, -0.2) is 18.1 Å². The number of nitrogens with zero attached hydrogens (tertiary/aromatic N) is 2. The van der Waals surface area contributed by atoms with E-state index in [4.69, 9.17) is 0 Å². The Morgan fingerprint density at radius 1 is 1.14 bits per heavy atom. The SMILES string of the molecule is Cc1cc(S(=O)(=O)NCCCn2ccnc2)c(C)c(C)c1C. The molecule has 0 fully saturated rings. The molecule has 120 valence electrons. The summed E-state index contributed by atoms with van der Waals surface area (Å²) in [6.07, 6.45) is 6.03. The Balaban J connectivity index is 2.07. The van der Waals surface area contributed by atoms with Gasteiger partial charge in [0.15, 0.2) is 0 Å². The van der Waals surface area contributed by atoms with Crippen molar-refractivity contribution in [3.63, 3.8) is 0 Å². The molecule has 0 aliphatic heterocycles. The molecule has 5 nitrogen and oxygen atoms in total. The van der Waals surface area contributed by atoms with Crippen LogP contribution in [0.4, 0.5) is 0 Å². The summed E-state index contributed by atoms with van der Waals surface area (Å²) in [5.74, 6) is 0. The minimum absolute atomic E-state index is 0.385. The fourth-order valence-electron chi connectivity index (χ4n) is 2.42. The fourth-order valence-corrected chi connectivity index (χ4v) is 3.88. The number of aromatic nitrogens is 2. The Bertz CT molecular complexity index is 750. The van der Waals surface area contributed by atoms with Gasteiger partial charge in [0, 0.05) is 25.5 Å². The second kappa shape index (κ2) is 6.62.